The third-order valence-corrected chi connectivity index (χ3v) is 7.85. The van der Waals surface area contributed by atoms with Crippen molar-refractivity contribution in [1.29, 1.82) is 0 Å². The molecule has 6 rings (SSSR count). The minimum atomic E-state index is -3.40. The number of halogens is 6. The maximum Gasteiger partial charge on any atom is 0.293 e. The van der Waals surface area contributed by atoms with Gasteiger partial charge in [-0.05, 0) is 60.2 Å². The third-order valence-electron chi connectivity index (χ3n) is 7.85. The summed E-state index contributed by atoms with van der Waals surface area (Å²) in [5.41, 5.74) is 0.0870. The van der Waals surface area contributed by atoms with E-state index in [0.717, 1.165) is 12.1 Å². The molecule has 1 amide bonds. The normalized spacial score (nSPS) is 18.5. The number of fused-ring (bicyclic) bond motifs is 3. The van der Waals surface area contributed by atoms with Crippen LogP contribution in [-0.4, -0.2) is 39.0 Å². The molecule has 2 heterocycles. The molecule has 4 aromatic rings. The van der Waals surface area contributed by atoms with E-state index >= 15 is 8.78 Å². The molecule has 3 atom stereocenters. The van der Waals surface area contributed by atoms with Gasteiger partial charge in [-0.25, -0.2) is 17.6 Å². The summed E-state index contributed by atoms with van der Waals surface area (Å²) in [5, 5.41) is 15.4. The zero-order valence-corrected chi connectivity index (χ0v) is 23.0. The second kappa shape index (κ2) is 11.6. The van der Waals surface area contributed by atoms with E-state index in [2.05, 4.69) is 15.4 Å². The van der Waals surface area contributed by atoms with Gasteiger partial charge in [0.15, 0.2) is 0 Å². The first-order valence-electron chi connectivity index (χ1n) is 13.9. The summed E-state index contributed by atoms with van der Waals surface area (Å²) in [6, 6.07) is 12.0. The van der Waals surface area contributed by atoms with Crippen LogP contribution in [0.2, 0.25) is 0 Å². The van der Waals surface area contributed by atoms with Crippen molar-refractivity contribution in [2.75, 3.05) is 13.2 Å². The minimum absolute atomic E-state index is 0.0842. The Balaban J connectivity index is 1.33. The molecule has 44 heavy (non-hydrogen) atoms. The van der Waals surface area contributed by atoms with Crippen LogP contribution in [0, 0.1) is 17.6 Å². The molecule has 0 saturated heterocycles. The van der Waals surface area contributed by atoms with Gasteiger partial charge in [0.05, 0.1) is 18.3 Å². The molecule has 0 aliphatic heterocycles. The number of aromatic nitrogens is 3. The molecule has 2 aromatic carbocycles. The lowest BCUT2D eigenvalue weighted by molar-refractivity contribution is -0.123. The van der Waals surface area contributed by atoms with E-state index in [4.69, 9.17) is 9.84 Å². The molecule has 3 unspecified atom stereocenters. The van der Waals surface area contributed by atoms with Gasteiger partial charge >= 0.3 is 0 Å². The van der Waals surface area contributed by atoms with Gasteiger partial charge < -0.3 is 15.2 Å². The van der Waals surface area contributed by atoms with Crippen molar-refractivity contribution in [3.63, 3.8) is 0 Å². The first-order valence-corrected chi connectivity index (χ1v) is 13.9. The Bertz CT molecular complexity index is 1670. The van der Waals surface area contributed by atoms with Gasteiger partial charge in [-0.15, -0.1) is 0 Å². The molecular weight excluding hydrogens is 590 g/mol. The molecule has 0 radical (unpaired) electrons. The molecule has 230 valence electrons. The molecule has 0 spiro atoms. The van der Waals surface area contributed by atoms with Crippen LogP contribution in [0.1, 0.15) is 53.0 Å². The predicted octanol–water partition coefficient (Wildman–Crippen LogP) is 5.84. The number of hydrogen-bond donors (Lipinski definition) is 2. The molecule has 2 N–H and O–H groups in total. The summed E-state index contributed by atoms with van der Waals surface area (Å²) in [7, 11) is 0. The highest BCUT2D eigenvalue weighted by Gasteiger charge is 2.67. The van der Waals surface area contributed by atoms with Crippen LogP contribution in [0.5, 0.6) is 5.75 Å². The van der Waals surface area contributed by atoms with Gasteiger partial charge in [-0.3, -0.25) is 14.5 Å². The van der Waals surface area contributed by atoms with Gasteiger partial charge in [0.1, 0.15) is 41.9 Å². The van der Waals surface area contributed by atoms with Crippen LogP contribution in [0.3, 0.4) is 0 Å². The van der Waals surface area contributed by atoms with E-state index < -0.39 is 65.7 Å². The quantitative estimate of drug-likeness (QED) is 0.207. The number of carbonyl (C=O) groups excluding carboxylic acids is 1. The van der Waals surface area contributed by atoms with Crippen molar-refractivity contribution < 1.29 is 41.0 Å². The number of nitrogens with zero attached hydrogens (tertiary/aromatic N) is 3. The fraction of sp³-hybridized carbons (Fsp3) is 0.323. The van der Waals surface area contributed by atoms with Gasteiger partial charge in [0.25, 0.3) is 12.3 Å². The lowest BCUT2D eigenvalue weighted by Gasteiger charge is -2.22. The number of aliphatic hydroxyl groups is 1. The molecular formula is C31H26F6N4O3. The molecule has 1 fully saturated rings. The number of carbonyl (C=O) groups is 1. The Morgan fingerprint density at radius 1 is 1.09 bits per heavy atom. The first kappa shape index (κ1) is 29.7. The Hall–Kier alpha value is -4.39. The first-order chi connectivity index (χ1) is 21.1. The Labute approximate surface area is 247 Å². The summed E-state index contributed by atoms with van der Waals surface area (Å²) in [5.74, 6) is -7.21. The Morgan fingerprint density at radius 2 is 1.82 bits per heavy atom. The van der Waals surface area contributed by atoms with Crippen molar-refractivity contribution >= 4 is 5.91 Å². The van der Waals surface area contributed by atoms with E-state index in [9.17, 15) is 22.4 Å². The molecule has 2 aromatic heterocycles. The molecule has 0 bridgehead atoms. The van der Waals surface area contributed by atoms with Gasteiger partial charge in [-0.2, -0.15) is 13.9 Å². The number of benzene rings is 2. The summed E-state index contributed by atoms with van der Waals surface area (Å²) >= 11 is 0. The summed E-state index contributed by atoms with van der Waals surface area (Å²) in [6.07, 6.45) is -1.68. The minimum Gasteiger partial charge on any atom is -0.491 e. The maximum absolute atomic E-state index is 15.0. The Kier molecular flexibility index (Phi) is 7.82. The van der Waals surface area contributed by atoms with Gasteiger partial charge in [0, 0.05) is 29.3 Å². The van der Waals surface area contributed by atoms with Gasteiger partial charge in [0.2, 0.25) is 5.91 Å². The average molecular weight is 617 g/mol. The highest BCUT2D eigenvalue weighted by Crippen LogP contribution is 2.68. The van der Waals surface area contributed by atoms with Crippen LogP contribution in [0.4, 0.5) is 26.3 Å². The highest BCUT2D eigenvalue weighted by atomic mass is 19.3. The van der Waals surface area contributed by atoms with E-state index in [1.54, 1.807) is 36.4 Å². The lowest BCUT2D eigenvalue weighted by atomic mass is 9.95. The van der Waals surface area contributed by atoms with Crippen molar-refractivity contribution in [3.8, 4) is 16.9 Å². The van der Waals surface area contributed by atoms with Crippen LogP contribution < -0.4 is 10.1 Å². The third kappa shape index (κ3) is 5.63. The number of alkyl halides is 4. The zero-order valence-electron chi connectivity index (χ0n) is 23.0. The molecule has 1 saturated carbocycles. The summed E-state index contributed by atoms with van der Waals surface area (Å²) in [4.78, 5) is 17.8. The largest absolute Gasteiger partial charge is 0.491 e. The molecule has 2 aliphatic carbocycles. The standard InChI is InChI=1S/C31H26F6N4O3/c32-18-10-16(11-19(33)13-18)12-24(27-21(2-1-7-38-27)17-3-5-20(6-4-17)44-9-8-42)39-25(43)15-41-29-26(28(40-41)30(34)35)22-14-23(22)31(29,36)37/h1-7,10-11,13,22-24,30,42H,8-9,12,14-15H2,(H,39,43). The SMILES string of the molecule is O=C(Cn1nc(C(F)F)c2c1C(F)(F)C1CC21)NC(Cc1cc(F)cc(F)c1)c1ncccc1-c1ccc(OCCO)cc1. The van der Waals surface area contributed by atoms with E-state index in [1.165, 1.54) is 6.20 Å². The molecule has 2 aliphatic rings. The zero-order chi connectivity index (χ0) is 31.2. The topological polar surface area (TPSA) is 89.3 Å². The van der Waals surface area contributed by atoms with Crippen LogP contribution in [-0.2, 0) is 23.7 Å². The van der Waals surface area contributed by atoms with Gasteiger partial charge in [-0.1, -0.05) is 18.2 Å². The second-order valence-electron chi connectivity index (χ2n) is 10.8. The monoisotopic (exact) mass is 616 g/mol. The number of nitrogens with one attached hydrogen (secondary N) is 1. The molecule has 7 nitrogen and oxygen atoms in total. The number of rotatable bonds is 11. The van der Waals surface area contributed by atoms with Crippen LogP contribution >= 0.6 is 0 Å². The second-order valence-corrected chi connectivity index (χ2v) is 10.8. The predicted molar refractivity (Wildman–Crippen MR) is 145 cm³/mol. The van der Waals surface area contributed by atoms with E-state index in [0.29, 0.717) is 33.3 Å². The van der Waals surface area contributed by atoms with Crippen molar-refractivity contribution in [3.05, 3.63) is 101 Å². The van der Waals surface area contributed by atoms with Crippen molar-refractivity contribution in [1.82, 2.24) is 20.1 Å². The fourth-order valence-electron chi connectivity index (χ4n) is 5.97. The number of hydrogen-bond acceptors (Lipinski definition) is 5. The fourth-order valence-corrected chi connectivity index (χ4v) is 5.97. The maximum atomic E-state index is 15.0. The number of ether oxygens (including phenoxy) is 1. The molecule has 13 heteroatoms. The smallest absolute Gasteiger partial charge is 0.293 e. The number of aliphatic hydroxyl groups excluding tert-OH is 1. The van der Waals surface area contributed by atoms with Crippen LogP contribution in [0.15, 0.2) is 60.8 Å². The summed E-state index contributed by atoms with van der Waals surface area (Å²) in [6.45, 7) is -0.849. The van der Waals surface area contributed by atoms with Crippen molar-refractivity contribution in [2.45, 2.75) is 43.7 Å². The number of pyridine rings is 1. The van der Waals surface area contributed by atoms with Crippen LogP contribution in [0.25, 0.3) is 11.1 Å². The lowest BCUT2D eigenvalue weighted by Crippen LogP contribution is -2.35. The Morgan fingerprint density at radius 3 is 2.50 bits per heavy atom. The average Bonchev–Trinajstić information content (AvgIpc) is 3.64. The summed E-state index contributed by atoms with van der Waals surface area (Å²) < 4.78 is 91.8. The highest BCUT2D eigenvalue weighted by molar-refractivity contribution is 5.77. The van der Waals surface area contributed by atoms with Crippen molar-refractivity contribution in [2.24, 2.45) is 5.92 Å². The van der Waals surface area contributed by atoms with E-state index in [-0.39, 0.29) is 37.2 Å². The van der Waals surface area contributed by atoms with E-state index in [1.807, 2.05) is 0 Å². The number of amides is 1.